The van der Waals surface area contributed by atoms with E-state index >= 15 is 0 Å². The highest BCUT2D eigenvalue weighted by atomic mass is 19.1. The molecule has 0 amide bonds. The third kappa shape index (κ3) is 2.78. The summed E-state index contributed by atoms with van der Waals surface area (Å²) in [5.41, 5.74) is 9.45. The van der Waals surface area contributed by atoms with Gasteiger partial charge in [-0.1, -0.05) is 0 Å². The summed E-state index contributed by atoms with van der Waals surface area (Å²) >= 11 is 0. The fraction of sp³-hybridized carbons (Fsp3) is 0.462. The zero-order chi connectivity index (χ0) is 14.0. The average molecular weight is 263 g/mol. The Morgan fingerprint density at radius 3 is 2.95 bits per heavy atom. The van der Waals surface area contributed by atoms with E-state index in [4.69, 9.17) is 5.53 Å². The fourth-order valence-corrected chi connectivity index (χ4v) is 2.12. The monoisotopic (exact) mass is 263 g/mol. The van der Waals surface area contributed by atoms with Crippen LogP contribution in [0.25, 0.3) is 0 Å². The van der Waals surface area contributed by atoms with Crippen molar-refractivity contribution < 1.29 is 4.39 Å². The molecule has 1 aromatic heterocycles. The van der Waals surface area contributed by atoms with E-state index in [9.17, 15) is 4.39 Å². The number of anilines is 1. The molecular weight excluding hydrogens is 245 g/mol. The Labute approximate surface area is 112 Å². The Balaban J connectivity index is 2.27. The van der Waals surface area contributed by atoms with Crippen LogP contribution in [0.3, 0.4) is 0 Å². The quantitative estimate of drug-likeness (QED) is 0.824. The van der Waals surface area contributed by atoms with Crippen molar-refractivity contribution in [1.29, 1.82) is 5.53 Å². The SMILES string of the molecule is Cc1cc(NC2=C(N=N)C(C)N(C)CC2)ncc1F. The van der Waals surface area contributed by atoms with Gasteiger partial charge in [-0.15, -0.1) is 0 Å². The van der Waals surface area contributed by atoms with E-state index in [0.29, 0.717) is 17.1 Å². The van der Waals surface area contributed by atoms with Crippen LogP contribution in [0.15, 0.2) is 28.8 Å². The normalized spacial score (nSPS) is 20.5. The van der Waals surface area contributed by atoms with Gasteiger partial charge in [0.05, 0.1) is 17.9 Å². The summed E-state index contributed by atoms with van der Waals surface area (Å²) in [6.45, 7) is 4.60. The molecule has 0 saturated heterocycles. The van der Waals surface area contributed by atoms with E-state index in [0.717, 1.165) is 18.7 Å². The minimum absolute atomic E-state index is 0.0929. The Hall–Kier alpha value is -1.82. The number of nitrogens with one attached hydrogen (secondary N) is 2. The molecule has 102 valence electrons. The highest BCUT2D eigenvalue weighted by Gasteiger charge is 2.24. The number of pyridine rings is 1. The molecule has 2 heterocycles. The number of likely N-dealkylation sites (N-methyl/N-ethyl adjacent to an activating group) is 1. The predicted molar refractivity (Wildman–Crippen MR) is 71.4 cm³/mol. The Kier molecular flexibility index (Phi) is 3.90. The van der Waals surface area contributed by atoms with Gasteiger partial charge in [0.15, 0.2) is 0 Å². The molecule has 1 atom stereocenters. The second-order valence-electron chi connectivity index (χ2n) is 4.83. The third-order valence-corrected chi connectivity index (χ3v) is 3.53. The molecule has 0 aliphatic carbocycles. The largest absolute Gasteiger partial charge is 0.342 e. The Morgan fingerprint density at radius 2 is 2.32 bits per heavy atom. The van der Waals surface area contributed by atoms with Gasteiger partial charge in [-0.25, -0.2) is 14.9 Å². The molecule has 0 spiro atoms. The molecule has 0 saturated carbocycles. The van der Waals surface area contributed by atoms with Gasteiger partial charge >= 0.3 is 0 Å². The lowest BCUT2D eigenvalue weighted by Gasteiger charge is -2.31. The van der Waals surface area contributed by atoms with Crippen LogP contribution >= 0.6 is 0 Å². The molecular formula is C13H18FN5. The number of rotatable bonds is 3. The maximum absolute atomic E-state index is 13.2. The maximum Gasteiger partial charge on any atom is 0.144 e. The number of halogens is 1. The van der Waals surface area contributed by atoms with Gasteiger partial charge in [0.2, 0.25) is 0 Å². The second-order valence-corrected chi connectivity index (χ2v) is 4.83. The molecule has 0 fully saturated rings. The summed E-state index contributed by atoms with van der Waals surface area (Å²) in [5.74, 6) is 0.272. The summed E-state index contributed by atoms with van der Waals surface area (Å²) in [6, 6.07) is 1.75. The smallest absolute Gasteiger partial charge is 0.144 e. The van der Waals surface area contributed by atoms with Crippen molar-refractivity contribution in [2.24, 2.45) is 5.11 Å². The fourth-order valence-electron chi connectivity index (χ4n) is 2.12. The number of hydrogen-bond donors (Lipinski definition) is 2. The van der Waals surface area contributed by atoms with Gasteiger partial charge < -0.3 is 5.32 Å². The standard InChI is InChI=1S/C13H18FN5/c1-8-6-12(16-7-10(8)14)17-11-4-5-19(3)9(2)13(11)18-15/h6-7,9,15H,4-5H2,1-3H3,(H,16,17). The molecule has 1 aliphatic heterocycles. The molecule has 0 radical (unpaired) electrons. The average Bonchev–Trinajstić information content (AvgIpc) is 2.39. The van der Waals surface area contributed by atoms with Crippen molar-refractivity contribution in [3.63, 3.8) is 0 Å². The van der Waals surface area contributed by atoms with E-state index in [1.54, 1.807) is 13.0 Å². The first-order valence-corrected chi connectivity index (χ1v) is 6.23. The molecule has 2 rings (SSSR count). The van der Waals surface area contributed by atoms with Gasteiger partial charge in [0.25, 0.3) is 0 Å². The summed E-state index contributed by atoms with van der Waals surface area (Å²) < 4.78 is 13.2. The summed E-state index contributed by atoms with van der Waals surface area (Å²) in [7, 11) is 2.01. The number of aromatic nitrogens is 1. The van der Waals surface area contributed by atoms with Crippen molar-refractivity contribution in [2.45, 2.75) is 26.3 Å². The molecule has 1 aromatic rings. The highest BCUT2D eigenvalue weighted by Crippen LogP contribution is 2.25. The van der Waals surface area contributed by atoms with Gasteiger partial charge in [0.1, 0.15) is 11.6 Å². The van der Waals surface area contributed by atoms with Crippen molar-refractivity contribution in [3.8, 4) is 0 Å². The minimum atomic E-state index is -0.318. The lowest BCUT2D eigenvalue weighted by atomic mass is 10.1. The van der Waals surface area contributed by atoms with Crippen LogP contribution in [0.5, 0.6) is 0 Å². The third-order valence-electron chi connectivity index (χ3n) is 3.53. The van der Waals surface area contributed by atoms with Gasteiger partial charge in [-0.05, 0) is 32.5 Å². The van der Waals surface area contributed by atoms with Gasteiger partial charge in [-0.3, -0.25) is 4.90 Å². The Bertz CT molecular complexity index is 526. The first kappa shape index (κ1) is 13.6. The number of hydrogen-bond acceptors (Lipinski definition) is 5. The predicted octanol–water partition coefficient (Wildman–Crippen LogP) is 2.91. The molecule has 1 aliphatic rings. The van der Waals surface area contributed by atoms with E-state index in [-0.39, 0.29) is 11.9 Å². The van der Waals surface area contributed by atoms with Crippen LogP contribution in [0.1, 0.15) is 18.9 Å². The topological polar surface area (TPSA) is 64.4 Å². The maximum atomic E-state index is 13.2. The van der Waals surface area contributed by atoms with E-state index in [1.165, 1.54) is 6.20 Å². The first-order valence-electron chi connectivity index (χ1n) is 6.23. The zero-order valence-corrected chi connectivity index (χ0v) is 11.4. The zero-order valence-electron chi connectivity index (χ0n) is 11.4. The molecule has 6 heteroatoms. The van der Waals surface area contributed by atoms with E-state index in [2.05, 4.69) is 20.3 Å². The Morgan fingerprint density at radius 1 is 1.58 bits per heavy atom. The van der Waals surface area contributed by atoms with Crippen LogP contribution in [-0.4, -0.2) is 29.5 Å². The van der Waals surface area contributed by atoms with Crippen LogP contribution in [0.2, 0.25) is 0 Å². The summed E-state index contributed by atoms with van der Waals surface area (Å²) in [4.78, 5) is 6.15. The molecule has 2 N–H and O–H groups in total. The number of aryl methyl sites for hydroxylation is 1. The van der Waals surface area contributed by atoms with Crippen molar-refractivity contribution >= 4 is 5.82 Å². The van der Waals surface area contributed by atoms with Gasteiger partial charge in [-0.2, -0.15) is 5.11 Å². The molecule has 19 heavy (non-hydrogen) atoms. The second kappa shape index (κ2) is 5.44. The lowest BCUT2D eigenvalue weighted by Crippen LogP contribution is -2.37. The van der Waals surface area contributed by atoms with Gasteiger partial charge in [0, 0.05) is 18.7 Å². The van der Waals surface area contributed by atoms with Crippen molar-refractivity contribution in [2.75, 3.05) is 18.9 Å². The van der Waals surface area contributed by atoms with Crippen LogP contribution < -0.4 is 5.32 Å². The summed E-state index contributed by atoms with van der Waals surface area (Å²) in [5, 5.41) is 6.78. The van der Waals surface area contributed by atoms with Crippen LogP contribution in [0.4, 0.5) is 10.2 Å². The minimum Gasteiger partial charge on any atom is -0.342 e. The van der Waals surface area contributed by atoms with Crippen LogP contribution in [0, 0.1) is 18.3 Å². The molecule has 1 unspecified atom stereocenters. The van der Waals surface area contributed by atoms with Crippen LogP contribution in [-0.2, 0) is 0 Å². The van der Waals surface area contributed by atoms with Crippen molar-refractivity contribution in [1.82, 2.24) is 9.88 Å². The highest BCUT2D eigenvalue weighted by molar-refractivity contribution is 5.45. The molecule has 5 nitrogen and oxygen atoms in total. The first-order chi connectivity index (χ1) is 9.02. The number of nitrogens with zero attached hydrogens (tertiary/aromatic N) is 3. The van der Waals surface area contributed by atoms with E-state index in [1.807, 2.05) is 14.0 Å². The molecule has 0 bridgehead atoms. The van der Waals surface area contributed by atoms with E-state index < -0.39 is 0 Å². The van der Waals surface area contributed by atoms with Crippen molar-refractivity contribution in [3.05, 3.63) is 35.0 Å². The molecule has 0 aromatic carbocycles. The summed E-state index contributed by atoms with van der Waals surface area (Å²) in [6.07, 6.45) is 1.98. The lowest BCUT2D eigenvalue weighted by molar-refractivity contribution is 0.269.